The van der Waals surface area contributed by atoms with Gasteiger partial charge in [0.05, 0.1) is 31.2 Å². The van der Waals surface area contributed by atoms with E-state index in [0.29, 0.717) is 22.7 Å². The largest absolute Gasteiger partial charge is 0.495 e. The highest BCUT2D eigenvalue weighted by Crippen LogP contribution is 2.55. The van der Waals surface area contributed by atoms with Crippen LogP contribution in [0.15, 0.2) is 72.8 Å². The second-order valence-corrected chi connectivity index (χ2v) is 9.46. The van der Waals surface area contributed by atoms with E-state index in [1.165, 1.54) is 24.1 Å². The Bertz CT molecular complexity index is 1410. The number of benzene rings is 3. The Morgan fingerprint density at radius 2 is 1.58 bits per heavy atom. The Hall–Kier alpha value is -4.04. The summed E-state index contributed by atoms with van der Waals surface area (Å²) in [6, 6.07) is 19.8. The topological polar surface area (TPSA) is 79.0 Å². The molecule has 6 rings (SSSR count). The van der Waals surface area contributed by atoms with Crippen LogP contribution in [0.3, 0.4) is 0 Å². The first-order valence-corrected chi connectivity index (χ1v) is 11.8. The number of nitrogens with zero attached hydrogens (tertiary/aromatic N) is 2. The van der Waals surface area contributed by atoms with E-state index in [2.05, 4.69) is 5.32 Å². The molecule has 0 aromatic heterocycles. The van der Waals surface area contributed by atoms with E-state index < -0.39 is 29.3 Å². The number of methoxy groups -OCH3 is 1. The number of fused-ring (bicyclic) bond motifs is 4. The number of carbonyl (C=O) groups excluding carboxylic acids is 3. The molecule has 0 bridgehead atoms. The van der Waals surface area contributed by atoms with Gasteiger partial charge in [-0.2, -0.15) is 0 Å². The van der Waals surface area contributed by atoms with Crippen LogP contribution in [0.25, 0.3) is 0 Å². The van der Waals surface area contributed by atoms with Crippen LogP contribution in [-0.4, -0.2) is 30.9 Å². The van der Waals surface area contributed by atoms with Gasteiger partial charge in [0, 0.05) is 17.3 Å². The van der Waals surface area contributed by atoms with Crippen molar-refractivity contribution in [2.24, 2.45) is 11.8 Å². The molecular weight excluding hydrogens is 461 g/mol. The highest BCUT2D eigenvalue weighted by molar-refractivity contribution is 6.26. The highest BCUT2D eigenvalue weighted by Gasteiger charge is 2.71. The fourth-order valence-electron chi connectivity index (χ4n) is 6.09. The fraction of sp³-hybridized carbons (Fsp3) is 0.250. The number of carbonyl (C=O) groups is 3. The van der Waals surface area contributed by atoms with Crippen molar-refractivity contribution in [3.8, 4) is 5.75 Å². The van der Waals surface area contributed by atoms with Gasteiger partial charge < -0.3 is 9.64 Å². The van der Waals surface area contributed by atoms with E-state index >= 15 is 0 Å². The number of halogens is 1. The molecule has 4 unspecified atom stereocenters. The molecule has 3 aromatic carbocycles. The monoisotopic (exact) mass is 485 g/mol. The van der Waals surface area contributed by atoms with Crippen LogP contribution in [0.1, 0.15) is 18.1 Å². The minimum absolute atomic E-state index is 0.212. The quantitative estimate of drug-likeness (QED) is 0.574. The second kappa shape index (κ2) is 7.99. The highest BCUT2D eigenvalue weighted by atomic mass is 19.1. The molecule has 182 valence electrons. The van der Waals surface area contributed by atoms with Crippen molar-refractivity contribution in [3.05, 3.63) is 89.7 Å². The lowest BCUT2D eigenvalue weighted by Crippen LogP contribution is -2.54. The van der Waals surface area contributed by atoms with Crippen molar-refractivity contribution in [1.82, 2.24) is 5.32 Å². The maximum Gasteiger partial charge on any atom is 0.253 e. The van der Waals surface area contributed by atoms with Crippen molar-refractivity contribution in [2.75, 3.05) is 16.9 Å². The summed E-state index contributed by atoms with van der Waals surface area (Å²) < 4.78 is 18.9. The van der Waals surface area contributed by atoms with E-state index in [9.17, 15) is 18.8 Å². The minimum atomic E-state index is -1.38. The normalized spacial score (nSPS) is 26.6. The molecule has 3 aliphatic rings. The maximum atomic E-state index is 14.2. The summed E-state index contributed by atoms with van der Waals surface area (Å²) in [7, 11) is 1.49. The molecule has 36 heavy (non-hydrogen) atoms. The summed E-state index contributed by atoms with van der Waals surface area (Å²) in [4.78, 5) is 44.8. The van der Waals surface area contributed by atoms with Crippen LogP contribution in [0, 0.1) is 17.7 Å². The fourth-order valence-corrected chi connectivity index (χ4v) is 6.09. The van der Waals surface area contributed by atoms with Crippen molar-refractivity contribution < 1.29 is 23.5 Å². The molecule has 0 radical (unpaired) electrons. The lowest BCUT2D eigenvalue weighted by atomic mass is 9.76. The number of anilines is 2. The third-order valence-electron chi connectivity index (χ3n) is 7.59. The Labute approximate surface area is 207 Å². The average molecular weight is 486 g/mol. The molecule has 3 aromatic rings. The van der Waals surface area contributed by atoms with E-state index in [0.717, 1.165) is 5.56 Å². The van der Waals surface area contributed by atoms with Gasteiger partial charge in [-0.15, -0.1) is 0 Å². The van der Waals surface area contributed by atoms with Crippen LogP contribution in [0.5, 0.6) is 5.75 Å². The number of rotatable bonds is 4. The first kappa shape index (κ1) is 22.4. The van der Waals surface area contributed by atoms with E-state index in [1.807, 2.05) is 31.2 Å². The smallest absolute Gasteiger partial charge is 0.253 e. The molecule has 1 N–H and O–H groups in total. The molecular formula is C28H24FN3O4. The molecule has 2 fully saturated rings. The number of nitrogens with one attached hydrogen (secondary N) is 1. The van der Waals surface area contributed by atoms with E-state index in [-0.39, 0.29) is 24.2 Å². The lowest BCUT2D eigenvalue weighted by Gasteiger charge is -2.30. The first-order valence-electron chi connectivity index (χ1n) is 11.8. The van der Waals surface area contributed by atoms with Gasteiger partial charge in [0.1, 0.15) is 17.1 Å². The Kier molecular flexibility index (Phi) is 4.98. The van der Waals surface area contributed by atoms with Crippen LogP contribution in [-0.2, 0) is 26.5 Å². The van der Waals surface area contributed by atoms with Gasteiger partial charge in [-0.25, -0.2) is 9.29 Å². The number of hydrogen-bond donors (Lipinski definition) is 1. The summed E-state index contributed by atoms with van der Waals surface area (Å²) in [5.41, 5.74) is 1.07. The first-order chi connectivity index (χ1) is 17.4. The third-order valence-corrected chi connectivity index (χ3v) is 7.59. The molecule has 1 spiro atoms. The summed E-state index contributed by atoms with van der Waals surface area (Å²) in [6.45, 7) is 2.05. The standard InChI is InChI=1S/C28H24FN3O4/c1-16-23-24(26(34)32(25(23)33)21-9-5-6-10-22(21)36-2)28(30-16)19-7-3-4-8-20(19)31(27(28)35)15-17-11-13-18(29)14-12-17/h3-14,16,23-24,30H,15H2,1-2H3. The average Bonchev–Trinajstić information content (AvgIpc) is 3.43. The molecule has 7 nitrogen and oxygen atoms in total. The predicted octanol–water partition coefficient (Wildman–Crippen LogP) is 3.37. The Morgan fingerprint density at radius 3 is 2.31 bits per heavy atom. The zero-order valence-electron chi connectivity index (χ0n) is 19.8. The maximum absolute atomic E-state index is 14.2. The van der Waals surface area contributed by atoms with Gasteiger partial charge in [-0.05, 0) is 42.8 Å². The zero-order chi connectivity index (χ0) is 25.2. The van der Waals surface area contributed by atoms with Gasteiger partial charge in [0.25, 0.3) is 5.91 Å². The second-order valence-electron chi connectivity index (χ2n) is 9.46. The van der Waals surface area contributed by atoms with Crippen molar-refractivity contribution in [1.29, 1.82) is 0 Å². The molecule has 2 saturated heterocycles. The molecule has 8 heteroatoms. The van der Waals surface area contributed by atoms with E-state index in [1.54, 1.807) is 41.3 Å². The van der Waals surface area contributed by atoms with Crippen LogP contribution in [0.2, 0.25) is 0 Å². The summed E-state index contributed by atoms with van der Waals surface area (Å²) in [5, 5.41) is 3.37. The Morgan fingerprint density at radius 1 is 0.917 bits per heavy atom. The van der Waals surface area contributed by atoms with Crippen LogP contribution in [0.4, 0.5) is 15.8 Å². The minimum Gasteiger partial charge on any atom is -0.495 e. The van der Waals surface area contributed by atoms with Gasteiger partial charge in [-0.1, -0.05) is 42.5 Å². The molecule has 0 saturated carbocycles. The predicted molar refractivity (Wildman–Crippen MR) is 131 cm³/mol. The van der Waals surface area contributed by atoms with Crippen LogP contribution < -0.4 is 19.9 Å². The summed E-state index contributed by atoms with van der Waals surface area (Å²) in [6.07, 6.45) is 0. The summed E-state index contributed by atoms with van der Waals surface area (Å²) >= 11 is 0. The van der Waals surface area contributed by atoms with Crippen molar-refractivity contribution in [3.63, 3.8) is 0 Å². The Balaban J connectivity index is 1.46. The summed E-state index contributed by atoms with van der Waals surface area (Å²) in [5.74, 6) is -2.67. The van der Waals surface area contributed by atoms with Crippen molar-refractivity contribution in [2.45, 2.75) is 25.0 Å². The number of para-hydroxylation sites is 3. The van der Waals surface area contributed by atoms with Gasteiger partial charge >= 0.3 is 0 Å². The van der Waals surface area contributed by atoms with Gasteiger partial charge in [-0.3, -0.25) is 19.7 Å². The number of imide groups is 1. The molecule has 3 aliphatic heterocycles. The number of ether oxygens (including phenoxy) is 1. The van der Waals surface area contributed by atoms with Gasteiger partial charge in [0.2, 0.25) is 11.8 Å². The molecule has 3 heterocycles. The lowest BCUT2D eigenvalue weighted by molar-refractivity contribution is -0.132. The molecule has 3 amide bonds. The third kappa shape index (κ3) is 2.91. The zero-order valence-corrected chi connectivity index (χ0v) is 19.8. The van der Waals surface area contributed by atoms with E-state index in [4.69, 9.17) is 4.74 Å². The molecule has 0 aliphatic carbocycles. The van der Waals surface area contributed by atoms with Crippen LogP contribution >= 0.6 is 0 Å². The van der Waals surface area contributed by atoms with Gasteiger partial charge in [0.15, 0.2) is 0 Å². The molecule has 4 atom stereocenters. The number of amides is 3. The number of hydrogen-bond acceptors (Lipinski definition) is 5. The van der Waals surface area contributed by atoms with Crippen molar-refractivity contribution >= 4 is 29.1 Å². The SMILES string of the molecule is COc1ccccc1N1C(=O)C2C(C)NC3(C(=O)N(Cc4ccc(F)cc4)c4ccccc43)C2C1=O.